The molecule has 1 aromatic carbocycles. The van der Waals surface area contributed by atoms with Gasteiger partial charge in [0.05, 0.1) is 12.8 Å². The minimum Gasteiger partial charge on any atom is -0.544 e. The molecule has 3 aliphatic rings. The zero-order valence-corrected chi connectivity index (χ0v) is 17.4. The van der Waals surface area contributed by atoms with Crippen LogP contribution in [0.5, 0.6) is 0 Å². The van der Waals surface area contributed by atoms with E-state index in [1.807, 2.05) is 18.2 Å². The van der Waals surface area contributed by atoms with Gasteiger partial charge in [-0.1, -0.05) is 30.3 Å². The summed E-state index contributed by atoms with van der Waals surface area (Å²) in [5, 5.41) is 13.8. The molecular formula is C17H15N2NaO6S. The Morgan fingerprint density at radius 2 is 2.00 bits per heavy atom. The van der Waals surface area contributed by atoms with E-state index in [9.17, 15) is 24.3 Å². The number of hydrogen-bond acceptors (Lipinski definition) is 7. The van der Waals surface area contributed by atoms with Crippen LogP contribution in [0.2, 0.25) is 0 Å². The number of nitrogens with zero attached hydrogens (tertiary/aromatic N) is 1. The van der Waals surface area contributed by atoms with Crippen molar-refractivity contribution in [3.05, 3.63) is 35.9 Å². The van der Waals surface area contributed by atoms with Crippen LogP contribution in [0.25, 0.3) is 0 Å². The summed E-state index contributed by atoms with van der Waals surface area (Å²) in [6.07, 6.45) is 0.0494. The molecule has 0 saturated carbocycles. The molecular weight excluding hydrogens is 383 g/mol. The number of carboxylic acids is 1. The average molecular weight is 398 g/mol. The predicted molar refractivity (Wildman–Crippen MR) is 87.1 cm³/mol. The molecule has 27 heavy (non-hydrogen) atoms. The third kappa shape index (κ3) is 3.16. The minimum absolute atomic E-state index is 0. The molecule has 10 heteroatoms. The molecule has 0 aliphatic carbocycles. The number of rotatable bonds is 4. The summed E-state index contributed by atoms with van der Waals surface area (Å²) in [7, 11) is 0. The van der Waals surface area contributed by atoms with Crippen LogP contribution in [-0.4, -0.2) is 51.5 Å². The standard InChI is InChI=1S/C17H16N2O6S.Na/c20-11(6-9-4-2-1-3-5-9)18-13-14(22)19-15(13)26-8-10-7-12(21)25-17(10,19)16(23)24;/h1-5,10,13,15H,6-8H2,(H,18,20)(H,23,24);/q;+1/p-1/t10-,13+,15+,17+;/m0./s1. The molecule has 0 aromatic heterocycles. The first-order chi connectivity index (χ1) is 12.4. The average Bonchev–Trinajstić information content (AvgIpc) is 2.96. The number of carboxylic acid groups (broad SMARTS) is 1. The van der Waals surface area contributed by atoms with E-state index in [0.29, 0.717) is 5.75 Å². The molecule has 3 aliphatic heterocycles. The Morgan fingerprint density at radius 3 is 2.67 bits per heavy atom. The minimum atomic E-state index is -2.05. The van der Waals surface area contributed by atoms with Gasteiger partial charge in [-0.3, -0.25) is 19.3 Å². The summed E-state index contributed by atoms with van der Waals surface area (Å²) in [5.41, 5.74) is -1.24. The SMILES string of the molecule is O=C(Cc1ccccc1)N[C@@H]1C(=O)N2[C@@H]1SC[C@@H]1CC(=O)O[C@@]12C(=O)[O-].[Na+]. The van der Waals surface area contributed by atoms with Crippen LogP contribution in [0.4, 0.5) is 0 Å². The van der Waals surface area contributed by atoms with Crippen molar-refractivity contribution >= 4 is 35.5 Å². The van der Waals surface area contributed by atoms with E-state index in [0.717, 1.165) is 10.5 Å². The fourth-order valence-corrected chi connectivity index (χ4v) is 5.26. The summed E-state index contributed by atoms with van der Waals surface area (Å²) in [5.74, 6) is -3.48. The Hall–Kier alpha value is -1.55. The van der Waals surface area contributed by atoms with Gasteiger partial charge in [-0.2, -0.15) is 0 Å². The monoisotopic (exact) mass is 398 g/mol. The Balaban J connectivity index is 0.00000210. The molecule has 2 amide bonds. The van der Waals surface area contributed by atoms with Crippen molar-refractivity contribution in [1.29, 1.82) is 0 Å². The Morgan fingerprint density at radius 1 is 1.30 bits per heavy atom. The first-order valence-electron chi connectivity index (χ1n) is 8.15. The Labute approximate surface area is 181 Å². The second kappa shape index (κ2) is 7.46. The number of esters is 1. The number of nitrogens with one attached hydrogen (secondary N) is 1. The fourth-order valence-electron chi connectivity index (χ4n) is 3.70. The quantitative estimate of drug-likeness (QED) is 0.310. The predicted octanol–water partition coefficient (Wildman–Crippen LogP) is -4.36. The summed E-state index contributed by atoms with van der Waals surface area (Å²) in [6.45, 7) is 0. The Bertz CT molecular complexity index is 806. The molecule has 4 atom stereocenters. The number of aliphatic carboxylic acids is 1. The van der Waals surface area contributed by atoms with Crippen LogP contribution < -0.4 is 40.0 Å². The number of fused-ring (bicyclic) bond motifs is 3. The normalized spacial score (nSPS) is 31.0. The van der Waals surface area contributed by atoms with E-state index in [2.05, 4.69) is 5.32 Å². The third-order valence-electron chi connectivity index (χ3n) is 4.92. The maximum absolute atomic E-state index is 12.6. The first kappa shape index (κ1) is 20.2. The van der Waals surface area contributed by atoms with Crippen molar-refractivity contribution in [2.24, 2.45) is 5.92 Å². The van der Waals surface area contributed by atoms with Gasteiger partial charge in [-0.15, -0.1) is 11.8 Å². The Kier molecular flexibility index (Phi) is 5.58. The molecule has 3 saturated heterocycles. The molecule has 8 nitrogen and oxygen atoms in total. The second-order valence-corrected chi connectivity index (χ2v) is 7.65. The smallest absolute Gasteiger partial charge is 0.544 e. The number of thioether (sulfide) groups is 1. The van der Waals surface area contributed by atoms with Crippen LogP contribution in [0.15, 0.2) is 30.3 Å². The molecule has 1 N–H and O–H groups in total. The number of hydrogen-bond donors (Lipinski definition) is 1. The zero-order valence-electron chi connectivity index (χ0n) is 14.5. The number of ether oxygens (including phenoxy) is 1. The number of amides is 2. The van der Waals surface area contributed by atoms with Gasteiger partial charge in [0.25, 0.3) is 5.91 Å². The van der Waals surface area contributed by atoms with Crippen LogP contribution in [0, 0.1) is 5.92 Å². The van der Waals surface area contributed by atoms with Crippen molar-refractivity contribution in [3.8, 4) is 0 Å². The second-order valence-electron chi connectivity index (χ2n) is 6.50. The van der Waals surface area contributed by atoms with Crippen LogP contribution >= 0.6 is 11.8 Å². The summed E-state index contributed by atoms with van der Waals surface area (Å²) >= 11 is 1.33. The topological polar surface area (TPSA) is 116 Å². The molecule has 136 valence electrons. The van der Waals surface area contributed by atoms with Gasteiger partial charge in [-0.25, -0.2) is 0 Å². The van der Waals surface area contributed by atoms with Gasteiger partial charge < -0.3 is 20.0 Å². The van der Waals surface area contributed by atoms with E-state index < -0.39 is 40.9 Å². The number of benzene rings is 1. The molecule has 0 unspecified atom stereocenters. The van der Waals surface area contributed by atoms with E-state index in [4.69, 9.17) is 4.74 Å². The summed E-state index contributed by atoms with van der Waals surface area (Å²) < 4.78 is 5.05. The third-order valence-corrected chi connectivity index (χ3v) is 6.34. The van der Waals surface area contributed by atoms with Gasteiger partial charge in [0.1, 0.15) is 17.4 Å². The molecule has 0 radical (unpaired) electrons. The van der Waals surface area contributed by atoms with E-state index in [1.165, 1.54) is 11.8 Å². The molecule has 3 fully saturated rings. The number of carbonyl (C=O) groups is 4. The van der Waals surface area contributed by atoms with Crippen LogP contribution in [-0.2, 0) is 30.3 Å². The molecule has 1 aromatic rings. The number of carbonyl (C=O) groups excluding carboxylic acids is 4. The van der Waals surface area contributed by atoms with Crippen molar-refractivity contribution in [3.63, 3.8) is 0 Å². The molecule has 0 bridgehead atoms. The zero-order chi connectivity index (χ0) is 18.5. The van der Waals surface area contributed by atoms with E-state index in [1.54, 1.807) is 12.1 Å². The van der Waals surface area contributed by atoms with Crippen molar-refractivity contribution < 1.29 is 58.6 Å². The number of β-lactam (4-membered cyclic amide) rings is 1. The molecule has 0 spiro atoms. The maximum Gasteiger partial charge on any atom is 1.00 e. The van der Waals surface area contributed by atoms with Crippen LogP contribution in [0.1, 0.15) is 12.0 Å². The van der Waals surface area contributed by atoms with Crippen LogP contribution in [0.3, 0.4) is 0 Å². The van der Waals surface area contributed by atoms with Crippen molar-refractivity contribution in [2.75, 3.05) is 5.75 Å². The van der Waals surface area contributed by atoms with Gasteiger partial charge in [0.15, 0.2) is 0 Å². The van der Waals surface area contributed by atoms with Crippen molar-refractivity contribution in [1.82, 2.24) is 10.2 Å². The van der Waals surface area contributed by atoms with Gasteiger partial charge in [0.2, 0.25) is 11.6 Å². The van der Waals surface area contributed by atoms with E-state index in [-0.39, 0.29) is 48.3 Å². The van der Waals surface area contributed by atoms with Gasteiger partial charge in [0, 0.05) is 11.7 Å². The van der Waals surface area contributed by atoms with Gasteiger partial charge >= 0.3 is 35.5 Å². The largest absolute Gasteiger partial charge is 1.00 e. The maximum atomic E-state index is 12.6. The summed E-state index contributed by atoms with van der Waals surface area (Å²) in [4.78, 5) is 49.2. The van der Waals surface area contributed by atoms with E-state index >= 15 is 0 Å². The molecule has 3 heterocycles. The fraction of sp³-hybridized carbons (Fsp3) is 0.412. The van der Waals surface area contributed by atoms with Gasteiger partial charge in [-0.05, 0) is 5.56 Å². The first-order valence-corrected chi connectivity index (χ1v) is 9.19. The molecule has 4 rings (SSSR count). The van der Waals surface area contributed by atoms with Crippen molar-refractivity contribution in [2.45, 2.75) is 30.0 Å². The summed E-state index contributed by atoms with van der Waals surface area (Å²) in [6, 6.07) is 8.23.